The van der Waals surface area contributed by atoms with Crippen molar-refractivity contribution in [1.82, 2.24) is 4.98 Å². The molecule has 6 heteroatoms. The van der Waals surface area contributed by atoms with Crippen LogP contribution in [0.4, 0.5) is 11.7 Å². The Morgan fingerprint density at radius 2 is 2.29 bits per heavy atom. The van der Waals surface area contributed by atoms with Gasteiger partial charge >= 0.3 is 5.97 Å². The molecule has 2 rings (SSSR count). The number of oxazole rings is 1. The molecule has 0 amide bonds. The van der Waals surface area contributed by atoms with Crippen molar-refractivity contribution in [3.8, 4) is 0 Å². The zero-order valence-corrected chi connectivity index (χ0v) is 10.5. The van der Waals surface area contributed by atoms with Gasteiger partial charge in [-0.3, -0.25) is 0 Å². The van der Waals surface area contributed by atoms with E-state index in [1.54, 1.807) is 6.92 Å². The number of aryl methyl sites for hydroxylation is 1. The van der Waals surface area contributed by atoms with Crippen LogP contribution in [0.5, 0.6) is 0 Å². The monoisotopic (exact) mass is 296 g/mol. The molecule has 0 aliphatic rings. The van der Waals surface area contributed by atoms with E-state index in [2.05, 4.69) is 26.2 Å². The number of carboxylic acids is 1. The van der Waals surface area contributed by atoms with Gasteiger partial charge in [0.25, 0.3) is 6.01 Å². The summed E-state index contributed by atoms with van der Waals surface area (Å²) in [5.41, 5.74) is 1.10. The van der Waals surface area contributed by atoms with Crippen molar-refractivity contribution in [2.75, 3.05) is 5.32 Å². The standard InChI is InChI=1S/C11H9BrN2O3/c1-6-9(10(15)16)17-11(13-6)14-8-4-2-3-7(12)5-8/h2-5H,1H3,(H,13,14)(H,15,16). The first kappa shape index (κ1) is 11.7. The van der Waals surface area contributed by atoms with Crippen LogP contribution >= 0.6 is 15.9 Å². The number of benzene rings is 1. The summed E-state index contributed by atoms with van der Waals surface area (Å²) in [6.45, 7) is 1.58. The van der Waals surface area contributed by atoms with Crippen LogP contribution in [0.15, 0.2) is 33.2 Å². The quantitative estimate of drug-likeness (QED) is 0.910. The van der Waals surface area contributed by atoms with Gasteiger partial charge < -0.3 is 14.8 Å². The zero-order chi connectivity index (χ0) is 12.4. The van der Waals surface area contributed by atoms with Gasteiger partial charge in [0.05, 0.1) is 5.69 Å². The molecule has 0 saturated heterocycles. The van der Waals surface area contributed by atoms with E-state index >= 15 is 0 Å². The first-order chi connectivity index (χ1) is 8.06. The van der Waals surface area contributed by atoms with Gasteiger partial charge in [-0.2, -0.15) is 4.98 Å². The second-order valence-corrected chi connectivity index (χ2v) is 4.29. The third-order valence-corrected chi connectivity index (χ3v) is 2.56. The highest BCUT2D eigenvalue weighted by Gasteiger charge is 2.15. The van der Waals surface area contributed by atoms with Crippen LogP contribution in [0, 0.1) is 6.92 Å². The maximum atomic E-state index is 10.8. The molecule has 0 saturated carbocycles. The smallest absolute Gasteiger partial charge is 0.373 e. The maximum Gasteiger partial charge on any atom is 0.373 e. The van der Waals surface area contributed by atoms with E-state index in [9.17, 15) is 4.79 Å². The Morgan fingerprint density at radius 1 is 1.53 bits per heavy atom. The number of hydrogen-bond acceptors (Lipinski definition) is 4. The van der Waals surface area contributed by atoms with Crippen LogP contribution < -0.4 is 5.32 Å². The number of halogens is 1. The van der Waals surface area contributed by atoms with Crippen molar-refractivity contribution in [3.63, 3.8) is 0 Å². The average molecular weight is 297 g/mol. The van der Waals surface area contributed by atoms with Gasteiger partial charge in [0.15, 0.2) is 0 Å². The van der Waals surface area contributed by atoms with E-state index in [1.165, 1.54) is 0 Å². The van der Waals surface area contributed by atoms with E-state index < -0.39 is 5.97 Å². The Hall–Kier alpha value is -1.82. The number of aromatic carboxylic acids is 1. The van der Waals surface area contributed by atoms with Gasteiger partial charge in [0.1, 0.15) is 0 Å². The van der Waals surface area contributed by atoms with E-state index in [0.717, 1.165) is 10.2 Å². The van der Waals surface area contributed by atoms with Crippen molar-refractivity contribution in [1.29, 1.82) is 0 Å². The van der Waals surface area contributed by atoms with Gasteiger partial charge in [0.2, 0.25) is 5.76 Å². The van der Waals surface area contributed by atoms with Crippen LogP contribution in [-0.2, 0) is 0 Å². The van der Waals surface area contributed by atoms with Crippen LogP contribution in [-0.4, -0.2) is 16.1 Å². The average Bonchev–Trinajstić information content (AvgIpc) is 2.59. The van der Waals surface area contributed by atoms with Crippen molar-refractivity contribution in [3.05, 3.63) is 40.2 Å². The minimum Gasteiger partial charge on any atom is -0.475 e. The molecular formula is C11H9BrN2O3. The van der Waals surface area contributed by atoms with Gasteiger partial charge in [-0.25, -0.2) is 4.79 Å². The molecule has 0 radical (unpaired) electrons. The number of carboxylic acid groups (broad SMARTS) is 1. The normalized spacial score (nSPS) is 10.2. The highest BCUT2D eigenvalue weighted by atomic mass is 79.9. The molecule has 1 aromatic heterocycles. The largest absolute Gasteiger partial charge is 0.475 e. The van der Waals surface area contributed by atoms with E-state index in [1.807, 2.05) is 24.3 Å². The molecule has 88 valence electrons. The number of hydrogen-bond donors (Lipinski definition) is 2. The third kappa shape index (κ3) is 2.65. The first-order valence-electron chi connectivity index (χ1n) is 4.79. The number of anilines is 2. The predicted octanol–water partition coefficient (Wildman–Crippen LogP) is 3.19. The van der Waals surface area contributed by atoms with Gasteiger partial charge in [-0.15, -0.1) is 0 Å². The lowest BCUT2D eigenvalue weighted by Crippen LogP contribution is -1.95. The van der Waals surface area contributed by atoms with E-state index in [4.69, 9.17) is 9.52 Å². The molecule has 0 unspecified atom stereocenters. The Bertz CT molecular complexity index is 566. The Morgan fingerprint density at radius 3 is 2.88 bits per heavy atom. The molecule has 1 aromatic carbocycles. The van der Waals surface area contributed by atoms with Crippen molar-refractivity contribution in [2.24, 2.45) is 0 Å². The minimum atomic E-state index is -1.13. The molecule has 0 fully saturated rings. The fourth-order valence-electron chi connectivity index (χ4n) is 1.34. The van der Waals surface area contributed by atoms with Crippen molar-refractivity contribution >= 4 is 33.6 Å². The molecule has 0 atom stereocenters. The van der Waals surface area contributed by atoms with Crippen molar-refractivity contribution < 1.29 is 14.3 Å². The summed E-state index contributed by atoms with van der Waals surface area (Å²) < 4.78 is 5.99. The molecule has 17 heavy (non-hydrogen) atoms. The van der Waals surface area contributed by atoms with Crippen LogP contribution in [0.1, 0.15) is 16.2 Å². The number of aromatic nitrogens is 1. The number of rotatable bonds is 3. The summed E-state index contributed by atoms with van der Waals surface area (Å²) in [7, 11) is 0. The molecule has 0 aliphatic heterocycles. The summed E-state index contributed by atoms with van der Waals surface area (Å²) in [6.07, 6.45) is 0. The Balaban J connectivity index is 2.25. The Kier molecular flexibility index (Phi) is 3.14. The predicted molar refractivity (Wildman–Crippen MR) is 65.6 cm³/mol. The lowest BCUT2D eigenvalue weighted by atomic mass is 10.3. The summed E-state index contributed by atoms with van der Waals surface area (Å²) in [4.78, 5) is 14.8. The van der Waals surface area contributed by atoms with Gasteiger partial charge in [-0.1, -0.05) is 22.0 Å². The third-order valence-electron chi connectivity index (χ3n) is 2.07. The fraction of sp³-hybridized carbons (Fsp3) is 0.0909. The molecule has 0 spiro atoms. The first-order valence-corrected chi connectivity index (χ1v) is 5.59. The van der Waals surface area contributed by atoms with Crippen LogP contribution in [0.2, 0.25) is 0 Å². The molecule has 0 bridgehead atoms. The molecular weight excluding hydrogens is 288 g/mol. The zero-order valence-electron chi connectivity index (χ0n) is 8.90. The molecule has 2 N–H and O–H groups in total. The van der Waals surface area contributed by atoms with Crippen LogP contribution in [0.3, 0.4) is 0 Å². The topological polar surface area (TPSA) is 75.4 Å². The summed E-state index contributed by atoms with van der Waals surface area (Å²) >= 11 is 3.33. The fourth-order valence-corrected chi connectivity index (χ4v) is 1.74. The molecule has 1 heterocycles. The minimum absolute atomic E-state index is 0.150. The summed E-state index contributed by atoms with van der Waals surface area (Å²) in [5, 5.41) is 11.7. The number of nitrogens with zero attached hydrogens (tertiary/aromatic N) is 1. The molecule has 5 nitrogen and oxygen atoms in total. The highest BCUT2D eigenvalue weighted by molar-refractivity contribution is 9.10. The summed E-state index contributed by atoms with van der Waals surface area (Å²) in [5.74, 6) is -1.28. The maximum absolute atomic E-state index is 10.8. The lowest BCUT2D eigenvalue weighted by molar-refractivity contribution is 0.0662. The second-order valence-electron chi connectivity index (χ2n) is 3.37. The van der Waals surface area contributed by atoms with Gasteiger partial charge in [-0.05, 0) is 25.1 Å². The lowest BCUT2D eigenvalue weighted by Gasteiger charge is -2.01. The summed E-state index contributed by atoms with van der Waals surface area (Å²) in [6, 6.07) is 7.55. The van der Waals surface area contributed by atoms with Crippen molar-refractivity contribution in [2.45, 2.75) is 6.92 Å². The van der Waals surface area contributed by atoms with E-state index in [-0.39, 0.29) is 11.8 Å². The number of carbonyl (C=O) groups is 1. The Labute approximate surface area is 106 Å². The van der Waals surface area contributed by atoms with E-state index in [0.29, 0.717) is 5.69 Å². The van der Waals surface area contributed by atoms with Gasteiger partial charge in [0, 0.05) is 10.2 Å². The van der Waals surface area contributed by atoms with Crippen LogP contribution in [0.25, 0.3) is 0 Å². The number of nitrogens with one attached hydrogen (secondary N) is 1. The molecule has 0 aliphatic carbocycles. The second kappa shape index (κ2) is 4.58. The SMILES string of the molecule is Cc1nc(Nc2cccc(Br)c2)oc1C(=O)O. The molecule has 2 aromatic rings. The highest BCUT2D eigenvalue weighted by Crippen LogP contribution is 2.21.